The van der Waals surface area contributed by atoms with E-state index in [1.807, 2.05) is 0 Å². The quantitative estimate of drug-likeness (QED) is 0.543. The van der Waals surface area contributed by atoms with Gasteiger partial charge in [-0.05, 0) is 5.92 Å². The van der Waals surface area contributed by atoms with Crippen LogP contribution in [-0.4, -0.2) is 18.9 Å². The number of nitrogens with two attached hydrogens (primary N) is 1. The number of amides is 2. The zero-order valence-electron chi connectivity index (χ0n) is 7.05. The predicted octanol–water partition coefficient (Wildman–Crippen LogP) is -0.510. The minimum Gasteiger partial charge on any atom is -0.369 e. The van der Waals surface area contributed by atoms with E-state index in [2.05, 4.69) is 5.32 Å². The van der Waals surface area contributed by atoms with Crippen molar-refractivity contribution >= 4 is 11.8 Å². The van der Waals surface area contributed by atoms with Gasteiger partial charge in [0.25, 0.3) is 0 Å². The molecule has 0 aromatic rings. The molecular formula is C7H14N2O2. The number of carbonyl (C=O) groups is 2. The van der Waals surface area contributed by atoms with Gasteiger partial charge in [-0.15, -0.1) is 0 Å². The number of carbonyl (C=O) groups excluding carboxylic acids is 2. The van der Waals surface area contributed by atoms with Gasteiger partial charge in [-0.25, -0.2) is 0 Å². The number of primary amides is 1. The molecule has 0 unspecified atom stereocenters. The average Bonchev–Trinajstić information content (AvgIpc) is 1.85. The van der Waals surface area contributed by atoms with Crippen LogP contribution >= 0.6 is 0 Å². The van der Waals surface area contributed by atoms with Crippen molar-refractivity contribution in [1.82, 2.24) is 5.32 Å². The molecule has 0 aliphatic heterocycles. The Morgan fingerprint density at radius 2 is 1.82 bits per heavy atom. The van der Waals surface area contributed by atoms with E-state index in [1.54, 1.807) is 13.8 Å². The molecule has 0 spiro atoms. The van der Waals surface area contributed by atoms with Crippen molar-refractivity contribution in [3.05, 3.63) is 0 Å². The van der Waals surface area contributed by atoms with Gasteiger partial charge in [-0.2, -0.15) is 0 Å². The molecule has 0 radical (unpaired) electrons. The highest BCUT2D eigenvalue weighted by molar-refractivity contribution is 5.99. The second-order valence-electron chi connectivity index (χ2n) is 2.74. The van der Waals surface area contributed by atoms with Gasteiger partial charge >= 0.3 is 0 Å². The molecule has 0 rings (SSSR count). The van der Waals surface area contributed by atoms with E-state index in [0.717, 1.165) is 0 Å². The number of hydrogen-bond donors (Lipinski definition) is 2. The Morgan fingerprint density at radius 3 is 1.91 bits per heavy atom. The molecule has 0 aromatic carbocycles. The summed E-state index contributed by atoms with van der Waals surface area (Å²) in [7, 11) is 1.49. The largest absolute Gasteiger partial charge is 0.369 e. The minimum absolute atomic E-state index is 0.0487. The van der Waals surface area contributed by atoms with Gasteiger partial charge in [0.2, 0.25) is 11.8 Å². The van der Waals surface area contributed by atoms with Crippen LogP contribution in [0.2, 0.25) is 0 Å². The predicted molar refractivity (Wildman–Crippen MR) is 41.6 cm³/mol. The maximum Gasteiger partial charge on any atom is 0.232 e. The summed E-state index contributed by atoms with van der Waals surface area (Å²) in [6, 6.07) is 0. The lowest BCUT2D eigenvalue weighted by atomic mass is 9.94. The first kappa shape index (κ1) is 9.94. The summed E-state index contributed by atoms with van der Waals surface area (Å²) >= 11 is 0. The van der Waals surface area contributed by atoms with Gasteiger partial charge < -0.3 is 11.1 Å². The second kappa shape index (κ2) is 3.95. The van der Waals surface area contributed by atoms with Gasteiger partial charge in [-0.3, -0.25) is 9.59 Å². The summed E-state index contributed by atoms with van der Waals surface area (Å²) in [6.07, 6.45) is 0. The summed E-state index contributed by atoms with van der Waals surface area (Å²) in [5.74, 6) is -1.64. The molecular weight excluding hydrogens is 144 g/mol. The zero-order chi connectivity index (χ0) is 9.02. The molecule has 0 aliphatic carbocycles. The van der Waals surface area contributed by atoms with E-state index in [9.17, 15) is 9.59 Å². The fourth-order valence-electron chi connectivity index (χ4n) is 0.916. The maximum absolute atomic E-state index is 11.0. The van der Waals surface area contributed by atoms with E-state index >= 15 is 0 Å². The molecule has 0 heterocycles. The van der Waals surface area contributed by atoms with E-state index in [-0.39, 0.29) is 11.8 Å². The fraction of sp³-hybridized carbons (Fsp3) is 0.714. The summed E-state index contributed by atoms with van der Waals surface area (Å²) in [4.78, 5) is 21.7. The molecule has 0 saturated heterocycles. The minimum atomic E-state index is -0.708. The first-order valence-corrected chi connectivity index (χ1v) is 3.51. The summed E-state index contributed by atoms with van der Waals surface area (Å²) in [6.45, 7) is 3.56. The van der Waals surface area contributed by atoms with Crippen LogP contribution in [0.25, 0.3) is 0 Å². The molecule has 0 aliphatic rings. The van der Waals surface area contributed by atoms with Gasteiger partial charge in [0, 0.05) is 7.05 Å². The molecule has 0 saturated carbocycles. The SMILES string of the molecule is CNC(=O)[C@H](C(N)=O)C(C)C. The first-order chi connectivity index (χ1) is 5.00. The van der Waals surface area contributed by atoms with Gasteiger partial charge in [0.1, 0.15) is 5.92 Å². The Bertz CT molecular complexity index is 166. The number of rotatable bonds is 3. The van der Waals surface area contributed by atoms with Crippen molar-refractivity contribution in [1.29, 1.82) is 0 Å². The highest BCUT2D eigenvalue weighted by atomic mass is 16.2. The summed E-state index contributed by atoms with van der Waals surface area (Å²) in [5, 5.41) is 2.39. The molecule has 0 fully saturated rings. The van der Waals surface area contributed by atoms with E-state index < -0.39 is 11.8 Å². The van der Waals surface area contributed by atoms with Crippen molar-refractivity contribution in [3.8, 4) is 0 Å². The van der Waals surface area contributed by atoms with Crippen LogP contribution < -0.4 is 11.1 Å². The van der Waals surface area contributed by atoms with Crippen molar-refractivity contribution in [2.75, 3.05) is 7.05 Å². The average molecular weight is 158 g/mol. The topological polar surface area (TPSA) is 72.2 Å². The standard InChI is InChI=1S/C7H14N2O2/c1-4(2)5(6(8)10)7(11)9-3/h4-5H,1-3H3,(H2,8,10)(H,9,11)/t5-/m0/s1. The van der Waals surface area contributed by atoms with E-state index in [1.165, 1.54) is 7.05 Å². The van der Waals surface area contributed by atoms with Gasteiger partial charge in [-0.1, -0.05) is 13.8 Å². The Hall–Kier alpha value is -1.06. The molecule has 2 amide bonds. The highest BCUT2D eigenvalue weighted by Gasteiger charge is 2.26. The van der Waals surface area contributed by atoms with Crippen LogP contribution in [0.4, 0.5) is 0 Å². The summed E-state index contributed by atoms with van der Waals surface area (Å²) < 4.78 is 0. The lowest BCUT2D eigenvalue weighted by molar-refractivity contribution is -0.134. The number of hydrogen-bond acceptors (Lipinski definition) is 2. The molecule has 11 heavy (non-hydrogen) atoms. The molecule has 4 nitrogen and oxygen atoms in total. The molecule has 0 bridgehead atoms. The van der Waals surface area contributed by atoms with Crippen molar-refractivity contribution in [2.24, 2.45) is 17.6 Å². The third kappa shape index (κ3) is 2.57. The van der Waals surface area contributed by atoms with Crippen LogP contribution in [0.3, 0.4) is 0 Å². The summed E-state index contributed by atoms with van der Waals surface area (Å²) in [5.41, 5.74) is 5.01. The Labute approximate surface area is 66.1 Å². The van der Waals surface area contributed by atoms with E-state index in [0.29, 0.717) is 0 Å². The Kier molecular flexibility index (Phi) is 3.57. The maximum atomic E-state index is 11.0. The second-order valence-corrected chi connectivity index (χ2v) is 2.74. The van der Waals surface area contributed by atoms with Crippen molar-refractivity contribution in [3.63, 3.8) is 0 Å². The third-order valence-corrected chi connectivity index (χ3v) is 1.50. The van der Waals surface area contributed by atoms with Gasteiger partial charge in [0.15, 0.2) is 0 Å². The lowest BCUT2D eigenvalue weighted by Gasteiger charge is -2.14. The molecule has 4 heteroatoms. The van der Waals surface area contributed by atoms with Crippen molar-refractivity contribution < 1.29 is 9.59 Å². The number of nitrogens with one attached hydrogen (secondary N) is 1. The van der Waals surface area contributed by atoms with Crippen LogP contribution in [0.1, 0.15) is 13.8 Å². The normalized spacial score (nSPS) is 12.7. The van der Waals surface area contributed by atoms with Gasteiger partial charge in [0.05, 0.1) is 0 Å². The Morgan fingerprint density at radius 1 is 1.36 bits per heavy atom. The van der Waals surface area contributed by atoms with Crippen molar-refractivity contribution in [2.45, 2.75) is 13.8 Å². The molecule has 3 N–H and O–H groups in total. The smallest absolute Gasteiger partial charge is 0.232 e. The van der Waals surface area contributed by atoms with Crippen LogP contribution in [0.15, 0.2) is 0 Å². The van der Waals surface area contributed by atoms with Crippen LogP contribution in [0.5, 0.6) is 0 Å². The lowest BCUT2D eigenvalue weighted by Crippen LogP contribution is -2.40. The molecule has 1 atom stereocenters. The fourth-order valence-corrected chi connectivity index (χ4v) is 0.916. The van der Waals surface area contributed by atoms with E-state index in [4.69, 9.17) is 5.73 Å². The third-order valence-electron chi connectivity index (χ3n) is 1.50. The Balaban J connectivity index is 4.34. The zero-order valence-corrected chi connectivity index (χ0v) is 7.05. The first-order valence-electron chi connectivity index (χ1n) is 3.51. The molecule has 64 valence electrons. The van der Waals surface area contributed by atoms with Crippen LogP contribution in [-0.2, 0) is 9.59 Å². The highest BCUT2D eigenvalue weighted by Crippen LogP contribution is 2.09. The van der Waals surface area contributed by atoms with Crippen LogP contribution in [0, 0.1) is 11.8 Å². The molecule has 0 aromatic heterocycles. The monoisotopic (exact) mass is 158 g/mol.